The highest BCUT2D eigenvalue weighted by Crippen LogP contribution is 2.37. The van der Waals surface area contributed by atoms with Gasteiger partial charge in [0.1, 0.15) is 11.4 Å². The normalized spacial score (nSPS) is 11.9. The standard InChI is InChI=1S/C22H24FN5O2/c1-13-8-17(15-9-16(30-5)11-24-10-15)25-20-14(2)28(21(29)19(13)20)18-6-7-27(26-18)12-22(3,4)23/h6-11,29H,12H2,1-5H3. The zero-order valence-corrected chi connectivity index (χ0v) is 17.6. The van der Waals surface area contributed by atoms with Crippen LogP contribution in [0.4, 0.5) is 4.39 Å². The Hall–Kier alpha value is -3.42. The molecule has 0 unspecified atom stereocenters. The summed E-state index contributed by atoms with van der Waals surface area (Å²) in [4.78, 5) is 8.99. The van der Waals surface area contributed by atoms with Crippen molar-refractivity contribution in [2.75, 3.05) is 7.11 Å². The molecule has 0 aliphatic heterocycles. The summed E-state index contributed by atoms with van der Waals surface area (Å²) in [6.07, 6.45) is 5.06. The minimum Gasteiger partial charge on any atom is -0.495 e. The van der Waals surface area contributed by atoms with Gasteiger partial charge in [0, 0.05) is 24.0 Å². The largest absolute Gasteiger partial charge is 0.495 e. The Morgan fingerprint density at radius 1 is 1.20 bits per heavy atom. The van der Waals surface area contributed by atoms with E-state index in [0.29, 0.717) is 22.5 Å². The van der Waals surface area contributed by atoms with Crippen molar-refractivity contribution in [3.05, 3.63) is 48.0 Å². The Morgan fingerprint density at radius 3 is 2.67 bits per heavy atom. The average molecular weight is 409 g/mol. The van der Waals surface area contributed by atoms with Gasteiger partial charge in [0.05, 0.1) is 42.1 Å². The molecule has 0 spiro atoms. The molecule has 1 N–H and O–H groups in total. The predicted octanol–water partition coefficient (Wildman–Crippen LogP) is 4.36. The number of aromatic nitrogens is 5. The summed E-state index contributed by atoms with van der Waals surface area (Å²) in [5.41, 5.74) is 2.46. The maximum Gasteiger partial charge on any atom is 0.207 e. The van der Waals surface area contributed by atoms with E-state index in [9.17, 15) is 9.50 Å². The van der Waals surface area contributed by atoms with Gasteiger partial charge in [-0.15, -0.1) is 0 Å². The quantitative estimate of drug-likeness (QED) is 0.530. The smallest absolute Gasteiger partial charge is 0.207 e. The third-order valence-electron chi connectivity index (χ3n) is 4.97. The molecule has 4 heterocycles. The third kappa shape index (κ3) is 3.49. The highest BCUT2D eigenvalue weighted by molar-refractivity contribution is 5.93. The number of alkyl halides is 1. The number of aromatic hydroxyl groups is 1. The van der Waals surface area contributed by atoms with E-state index in [1.54, 1.807) is 36.3 Å². The van der Waals surface area contributed by atoms with Gasteiger partial charge in [0.25, 0.3) is 0 Å². The fourth-order valence-electron chi connectivity index (χ4n) is 3.64. The molecule has 156 valence electrons. The SMILES string of the molecule is COc1cncc(-c2cc(C)c3c(O)n(-c4ccn(CC(C)(C)F)n4)c(C)c3n2)c1. The van der Waals surface area contributed by atoms with Gasteiger partial charge in [-0.2, -0.15) is 5.10 Å². The van der Waals surface area contributed by atoms with Gasteiger partial charge < -0.3 is 9.84 Å². The molecule has 0 aliphatic rings. The van der Waals surface area contributed by atoms with Crippen LogP contribution in [-0.4, -0.2) is 42.2 Å². The van der Waals surface area contributed by atoms with Crippen molar-refractivity contribution in [3.8, 4) is 28.7 Å². The maximum atomic E-state index is 14.0. The number of halogens is 1. The second-order valence-corrected chi connectivity index (χ2v) is 8.00. The zero-order valence-electron chi connectivity index (χ0n) is 17.6. The summed E-state index contributed by atoms with van der Waals surface area (Å²) >= 11 is 0. The van der Waals surface area contributed by atoms with E-state index in [0.717, 1.165) is 22.5 Å². The molecule has 30 heavy (non-hydrogen) atoms. The van der Waals surface area contributed by atoms with E-state index in [-0.39, 0.29) is 12.4 Å². The van der Waals surface area contributed by atoms with E-state index in [2.05, 4.69) is 10.1 Å². The Morgan fingerprint density at radius 2 is 1.97 bits per heavy atom. The van der Waals surface area contributed by atoms with Crippen LogP contribution in [0.3, 0.4) is 0 Å². The van der Waals surface area contributed by atoms with Crippen molar-refractivity contribution in [3.63, 3.8) is 0 Å². The van der Waals surface area contributed by atoms with E-state index in [1.165, 1.54) is 18.5 Å². The van der Waals surface area contributed by atoms with Gasteiger partial charge in [-0.1, -0.05) is 0 Å². The van der Waals surface area contributed by atoms with Gasteiger partial charge >= 0.3 is 0 Å². The van der Waals surface area contributed by atoms with Gasteiger partial charge in [0.15, 0.2) is 5.82 Å². The molecular formula is C22H24FN5O2. The molecular weight excluding hydrogens is 385 g/mol. The van der Waals surface area contributed by atoms with Crippen molar-refractivity contribution in [1.29, 1.82) is 0 Å². The number of rotatable bonds is 5. The van der Waals surface area contributed by atoms with Crippen molar-refractivity contribution in [2.24, 2.45) is 0 Å². The molecule has 4 aromatic rings. The van der Waals surface area contributed by atoms with E-state index in [1.807, 2.05) is 26.0 Å². The van der Waals surface area contributed by atoms with E-state index < -0.39 is 5.67 Å². The summed E-state index contributed by atoms with van der Waals surface area (Å²) in [6, 6.07) is 5.53. The van der Waals surface area contributed by atoms with Gasteiger partial charge in [-0.3, -0.25) is 14.2 Å². The lowest BCUT2D eigenvalue weighted by atomic mass is 10.1. The maximum absolute atomic E-state index is 14.0. The topological polar surface area (TPSA) is 78.0 Å². The number of hydrogen-bond donors (Lipinski definition) is 1. The molecule has 7 nitrogen and oxygen atoms in total. The second-order valence-electron chi connectivity index (χ2n) is 8.00. The monoisotopic (exact) mass is 409 g/mol. The lowest BCUT2D eigenvalue weighted by Crippen LogP contribution is -2.21. The highest BCUT2D eigenvalue weighted by Gasteiger charge is 2.22. The number of ether oxygens (including phenoxy) is 1. The van der Waals surface area contributed by atoms with Crippen LogP contribution in [0, 0.1) is 13.8 Å². The summed E-state index contributed by atoms with van der Waals surface area (Å²) in [7, 11) is 1.59. The van der Waals surface area contributed by atoms with Crippen LogP contribution in [-0.2, 0) is 6.54 Å². The number of methoxy groups -OCH3 is 1. The van der Waals surface area contributed by atoms with Crippen molar-refractivity contribution >= 4 is 10.9 Å². The van der Waals surface area contributed by atoms with Crippen LogP contribution in [0.25, 0.3) is 28.0 Å². The summed E-state index contributed by atoms with van der Waals surface area (Å²) in [5, 5.41) is 16.1. The fraction of sp³-hybridized carbons (Fsp3) is 0.318. The first-order valence-electron chi connectivity index (χ1n) is 9.62. The molecule has 4 aromatic heterocycles. The number of nitrogens with zero attached hydrogens (tertiary/aromatic N) is 5. The van der Waals surface area contributed by atoms with Gasteiger partial charge in [0.2, 0.25) is 5.88 Å². The third-order valence-corrected chi connectivity index (χ3v) is 4.97. The fourth-order valence-corrected chi connectivity index (χ4v) is 3.64. The predicted molar refractivity (Wildman–Crippen MR) is 113 cm³/mol. The van der Waals surface area contributed by atoms with Crippen LogP contribution in [0.15, 0.2) is 36.8 Å². The minimum atomic E-state index is -1.39. The number of pyridine rings is 2. The molecule has 0 amide bonds. The first kappa shape index (κ1) is 19.9. The first-order valence-corrected chi connectivity index (χ1v) is 9.62. The molecule has 0 atom stereocenters. The van der Waals surface area contributed by atoms with Gasteiger partial charge in [-0.05, 0) is 45.4 Å². The van der Waals surface area contributed by atoms with Crippen molar-refractivity contribution < 1.29 is 14.2 Å². The van der Waals surface area contributed by atoms with Crippen molar-refractivity contribution in [1.82, 2.24) is 24.3 Å². The van der Waals surface area contributed by atoms with Crippen molar-refractivity contribution in [2.45, 2.75) is 39.9 Å². The van der Waals surface area contributed by atoms with E-state index >= 15 is 0 Å². The number of aryl methyl sites for hydroxylation is 2. The lowest BCUT2D eigenvalue weighted by Gasteiger charge is -2.13. The van der Waals surface area contributed by atoms with Crippen LogP contribution >= 0.6 is 0 Å². The zero-order chi connectivity index (χ0) is 21.6. The molecule has 0 fully saturated rings. The summed E-state index contributed by atoms with van der Waals surface area (Å²) < 4.78 is 22.4. The second kappa shape index (κ2) is 7.12. The molecule has 0 aromatic carbocycles. The van der Waals surface area contributed by atoms with Gasteiger partial charge in [-0.25, -0.2) is 9.37 Å². The average Bonchev–Trinajstić information content (AvgIpc) is 3.22. The van der Waals surface area contributed by atoms with Crippen LogP contribution in [0.5, 0.6) is 11.6 Å². The summed E-state index contributed by atoms with van der Waals surface area (Å²) in [6.45, 7) is 6.93. The lowest BCUT2D eigenvalue weighted by molar-refractivity contribution is 0.179. The highest BCUT2D eigenvalue weighted by atomic mass is 19.1. The Labute approximate surface area is 173 Å². The molecule has 0 saturated carbocycles. The van der Waals surface area contributed by atoms with Crippen LogP contribution < -0.4 is 4.74 Å². The molecule has 0 aliphatic carbocycles. The Balaban J connectivity index is 1.85. The minimum absolute atomic E-state index is 0.0626. The molecule has 8 heteroatoms. The molecule has 4 rings (SSSR count). The molecule has 0 saturated heterocycles. The summed E-state index contributed by atoms with van der Waals surface area (Å²) in [5.74, 6) is 1.22. The van der Waals surface area contributed by atoms with Crippen LogP contribution in [0.2, 0.25) is 0 Å². The number of fused-ring (bicyclic) bond motifs is 1. The van der Waals surface area contributed by atoms with E-state index in [4.69, 9.17) is 9.72 Å². The molecule has 0 radical (unpaired) electrons. The van der Waals surface area contributed by atoms with Crippen LogP contribution in [0.1, 0.15) is 25.1 Å². The Kier molecular flexibility index (Phi) is 4.72. The Bertz CT molecular complexity index is 1240. The number of hydrogen-bond acceptors (Lipinski definition) is 5. The first-order chi connectivity index (χ1) is 14.2. The molecule has 0 bridgehead atoms.